The van der Waals surface area contributed by atoms with Crippen molar-refractivity contribution in [1.82, 2.24) is 9.88 Å². The van der Waals surface area contributed by atoms with Gasteiger partial charge in [-0.2, -0.15) is 0 Å². The normalized spacial score (nSPS) is 13.2. The molecule has 2 heterocycles. The van der Waals surface area contributed by atoms with Crippen molar-refractivity contribution in [1.29, 1.82) is 0 Å². The van der Waals surface area contributed by atoms with E-state index in [1.54, 1.807) is 32.6 Å². The summed E-state index contributed by atoms with van der Waals surface area (Å²) in [6, 6.07) is 11.3. The maximum atomic E-state index is 12.7. The van der Waals surface area contributed by atoms with E-state index < -0.39 is 0 Å². The monoisotopic (exact) mass is 409 g/mol. The van der Waals surface area contributed by atoms with Crippen LogP contribution in [0.3, 0.4) is 0 Å². The van der Waals surface area contributed by atoms with E-state index in [4.69, 9.17) is 9.47 Å². The van der Waals surface area contributed by atoms with Gasteiger partial charge >= 0.3 is 0 Å². The van der Waals surface area contributed by atoms with Gasteiger partial charge in [0.05, 0.1) is 30.9 Å². The van der Waals surface area contributed by atoms with Gasteiger partial charge in [0.25, 0.3) is 0 Å². The van der Waals surface area contributed by atoms with Gasteiger partial charge in [-0.15, -0.1) is 0 Å². The molecule has 3 aromatic rings. The van der Waals surface area contributed by atoms with Crippen LogP contribution in [0.25, 0.3) is 16.3 Å². The molecule has 0 fully saturated rings. The number of hydrogen-bond acceptors (Lipinski definition) is 6. The predicted octanol–water partition coefficient (Wildman–Crippen LogP) is 3.31. The highest BCUT2D eigenvalue weighted by Crippen LogP contribution is 2.32. The van der Waals surface area contributed by atoms with Gasteiger partial charge in [0.1, 0.15) is 6.54 Å². The highest BCUT2D eigenvalue weighted by atomic mass is 32.1. The number of nitrogens with one attached hydrogen (secondary N) is 1. The lowest BCUT2D eigenvalue weighted by molar-refractivity contribution is -0.131. The first-order valence-electron chi connectivity index (χ1n) is 8.95. The maximum Gasteiger partial charge on any atom is 0.246 e. The lowest BCUT2D eigenvalue weighted by Crippen LogP contribution is -2.34. The molecule has 0 unspecified atom stereocenters. The van der Waals surface area contributed by atoms with Crippen molar-refractivity contribution in [3.05, 3.63) is 53.7 Å². The van der Waals surface area contributed by atoms with E-state index >= 15 is 0 Å². The molecule has 0 atom stereocenters. The Balaban J connectivity index is 1.49. The van der Waals surface area contributed by atoms with Crippen LogP contribution in [0.5, 0.6) is 11.5 Å². The van der Waals surface area contributed by atoms with E-state index in [0.29, 0.717) is 16.6 Å². The Morgan fingerprint density at radius 1 is 1.21 bits per heavy atom. The van der Waals surface area contributed by atoms with Crippen molar-refractivity contribution in [2.45, 2.75) is 6.42 Å². The minimum atomic E-state index is -0.303. The fraction of sp³-hybridized carbons (Fsp3) is 0.190. The van der Waals surface area contributed by atoms with Crippen LogP contribution in [0, 0.1) is 0 Å². The number of benzene rings is 2. The van der Waals surface area contributed by atoms with Crippen molar-refractivity contribution in [2.75, 3.05) is 26.1 Å². The number of amides is 2. The number of methoxy groups -OCH3 is 2. The van der Waals surface area contributed by atoms with Crippen molar-refractivity contribution in [2.24, 2.45) is 0 Å². The molecule has 0 radical (unpaired) electrons. The standard InChI is InChI=1S/C21H19N3O4S/c1-27-16-9-13-7-8-24(20(26)11-14(13)10-17(16)28-2)12-19(25)23-21-22-15-5-3-4-6-18(15)29-21/h3-10H,11-12H2,1-2H3,(H,22,23,25). The van der Waals surface area contributed by atoms with E-state index in [1.807, 2.05) is 30.3 Å². The summed E-state index contributed by atoms with van der Waals surface area (Å²) in [5, 5.41) is 3.29. The highest BCUT2D eigenvalue weighted by molar-refractivity contribution is 7.22. The number of ether oxygens (including phenoxy) is 2. The second-order valence-electron chi connectivity index (χ2n) is 6.46. The number of aromatic nitrogens is 1. The second kappa shape index (κ2) is 7.92. The molecule has 7 nitrogen and oxygen atoms in total. The minimum Gasteiger partial charge on any atom is -0.493 e. The number of para-hydroxylation sites is 1. The zero-order chi connectivity index (χ0) is 20.4. The third-order valence-corrected chi connectivity index (χ3v) is 5.55. The zero-order valence-corrected chi connectivity index (χ0v) is 16.8. The van der Waals surface area contributed by atoms with Crippen LogP contribution in [0.2, 0.25) is 0 Å². The first kappa shape index (κ1) is 18.9. The second-order valence-corrected chi connectivity index (χ2v) is 7.49. The molecular formula is C21H19N3O4S. The van der Waals surface area contributed by atoms with Crippen LogP contribution in [-0.4, -0.2) is 42.5 Å². The van der Waals surface area contributed by atoms with Crippen molar-refractivity contribution < 1.29 is 19.1 Å². The van der Waals surface area contributed by atoms with Crippen molar-refractivity contribution in [3.63, 3.8) is 0 Å². The highest BCUT2D eigenvalue weighted by Gasteiger charge is 2.21. The molecule has 1 aliphatic heterocycles. The number of carbonyl (C=O) groups is 2. The van der Waals surface area contributed by atoms with Crippen molar-refractivity contribution in [3.8, 4) is 11.5 Å². The van der Waals surface area contributed by atoms with Crippen LogP contribution in [0.15, 0.2) is 42.6 Å². The summed E-state index contributed by atoms with van der Waals surface area (Å²) in [5.74, 6) is 0.676. The van der Waals surface area contributed by atoms with Gasteiger partial charge in [0.15, 0.2) is 16.6 Å². The molecule has 1 aliphatic rings. The third-order valence-electron chi connectivity index (χ3n) is 4.60. The number of thiazole rings is 1. The Labute approximate surface area is 171 Å². The lowest BCUT2D eigenvalue weighted by Gasteiger charge is -2.16. The summed E-state index contributed by atoms with van der Waals surface area (Å²) in [6.45, 7) is -0.0898. The molecule has 4 rings (SSSR count). The number of carbonyl (C=O) groups excluding carboxylic acids is 2. The minimum absolute atomic E-state index is 0.0898. The number of nitrogens with zero attached hydrogens (tertiary/aromatic N) is 2. The average molecular weight is 409 g/mol. The molecule has 0 saturated carbocycles. The Bertz CT molecular complexity index is 1090. The van der Waals surface area contributed by atoms with Crippen molar-refractivity contribution >= 4 is 44.6 Å². The smallest absolute Gasteiger partial charge is 0.246 e. The Morgan fingerprint density at radius 3 is 2.72 bits per heavy atom. The molecule has 8 heteroatoms. The van der Waals surface area contributed by atoms with E-state index in [9.17, 15) is 9.59 Å². The quantitative estimate of drug-likeness (QED) is 0.699. The predicted molar refractivity (Wildman–Crippen MR) is 112 cm³/mol. The first-order valence-corrected chi connectivity index (χ1v) is 9.77. The molecule has 1 aromatic heterocycles. The van der Waals surface area contributed by atoms with Gasteiger partial charge in [-0.1, -0.05) is 23.5 Å². The van der Waals surface area contributed by atoms with Gasteiger partial charge in [0, 0.05) is 6.20 Å². The first-order chi connectivity index (χ1) is 14.1. The Hall–Kier alpha value is -3.39. The zero-order valence-electron chi connectivity index (χ0n) is 16.0. The number of fused-ring (bicyclic) bond motifs is 2. The summed E-state index contributed by atoms with van der Waals surface area (Å²) in [4.78, 5) is 30.9. The molecule has 29 heavy (non-hydrogen) atoms. The lowest BCUT2D eigenvalue weighted by atomic mass is 10.0. The van der Waals surface area contributed by atoms with E-state index in [0.717, 1.165) is 21.3 Å². The summed E-state index contributed by atoms with van der Waals surface area (Å²) in [6.07, 6.45) is 3.59. The molecule has 0 saturated heterocycles. The molecule has 2 amide bonds. The summed E-state index contributed by atoms with van der Waals surface area (Å²) in [5.41, 5.74) is 2.50. The molecular weight excluding hydrogens is 390 g/mol. The Kier molecular flexibility index (Phi) is 5.18. The van der Waals surface area contributed by atoms with Gasteiger partial charge in [-0.3, -0.25) is 9.59 Å². The SMILES string of the molecule is COc1cc2c(cc1OC)CC(=O)N(CC(=O)Nc1nc3ccccc3s1)C=C2. The summed E-state index contributed by atoms with van der Waals surface area (Å²) < 4.78 is 11.6. The largest absolute Gasteiger partial charge is 0.493 e. The average Bonchev–Trinajstić information content (AvgIpc) is 3.06. The van der Waals surface area contributed by atoms with E-state index in [1.165, 1.54) is 16.2 Å². The summed E-state index contributed by atoms with van der Waals surface area (Å²) in [7, 11) is 3.12. The number of hydrogen-bond donors (Lipinski definition) is 1. The van der Waals surface area contributed by atoms with E-state index in [2.05, 4.69) is 10.3 Å². The fourth-order valence-corrected chi connectivity index (χ4v) is 4.03. The van der Waals surface area contributed by atoms with Gasteiger partial charge < -0.3 is 19.7 Å². The fourth-order valence-electron chi connectivity index (χ4n) is 3.14. The number of rotatable bonds is 5. The molecule has 0 bridgehead atoms. The topological polar surface area (TPSA) is 80.8 Å². The van der Waals surface area contributed by atoms with Gasteiger partial charge in [-0.25, -0.2) is 4.98 Å². The van der Waals surface area contributed by atoms with Crippen LogP contribution >= 0.6 is 11.3 Å². The van der Waals surface area contributed by atoms with Crippen LogP contribution in [0.4, 0.5) is 5.13 Å². The van der Waals surface area contributed by atoms with Crippen LogP contribution in [0.1, 0.15) is 11.1 Å². The molecule has 148 valence electrons. The van der Waals surface area contributed by atoms with Gasteiger partial charge in [0.2, 0.25) is 11.8 Å². The van der Waals surface area contributed by atoms with E-state index in [-0.39, 0.29) is 24.8 Å². The molecule has 1 N–H and O–H groups in total. The van der Waals surface area contributed by atoms with Crippen LogP contribution in [-0.2, 0) is 16.0 Å². The summed E-state index contributed by atoms with van der Waals surface area (Å²) >= 11 is 1.40. The molecule has 2 aromatic carbocycles. The van der Waals surface area contributed by atoms with Crippen LogP contribution < -0.4 is 14.8 Å². The number of anilines is 1. The third kappa shape index (κ3) is 3.93. The molecule has 0 aliphatic carbocycles. The van der Waals surface area contributed by atoms with Gasteiger partial charge in [-0.05, 0) is 41.5 Å². The molecule has 0 spiro atoms. The Morgan fingerprint density at radius 2 is 1.97 bits per heavy atom. The maximum absolute atomic E-state index is 12.7.